The summed E-state index contributed by atoms with van der Waals surface area (Å²) in [4.78, 5) is 25.4. The van der Waals surface area contributed by atoms with Crippen molar-refractivity contribution in [2.45, 2.75) is 18.4 Å². The van der Waals surface area contributed by atoms with E-state index in [1.54, 1.807) is 0 Å². The van der Waals surface area contributed by atoms with Crippen LogP contribution >= 0.6 is 0 Å². The van der Waals surface area contributed by atoms with Crippen LogP contribution < -0.4 is 11.1 Å². The quantitative estimate of drug-likeness (QED) is 0.801. The predicted octanol–water partition coefficient (Wildman–Crippen LogP) is 0.0758. The van der Waals surface area contributed by atoms with E-state index in [1.807, 2.05) is 23.1 Å². The summed E-state index contributed by atoms with van der Waals surface area (Å²) in [5.74, 6) is -0.0156. The molecule has 5 heteroatoms. The highest BCUT2D eigenvalue weighted by atomic mass is 16.2. The molecule has 1 unspecified atom stereocenters. The molecule has 1 aromatic carbocycles. The Labute approximate surface area is 118 Å². The van der Waals surface area contributed by atoms with Crippen molar-refractivity contribution in [3.8, 4) is 0 Å². The molecule has 5 nitrogen and oxygen atoms in total. The zero-order chi connectivity index (χ0) is 14.1. The van der Waals surface area contributed by atoms with Gasteiger partial charge in [-0.15, -0.1) is 0 Å². The fourth-order valence-corrected chi connectivity index (χ4v) is 3.10. The SMILES string of the molecule is N[C@@H]1CN(C(=O)C2CNC(=O)C2)C[C@H]1c1ccccc1. The van der Waals surface area contributed by atoms with Crippen LogP contribution in [0.4, 0.5) is 0 Å². The molecule has 2 aliphatic rings. The first kappa shape index (κ1) is 13.1. The Morgan fingerprint density at radius 3 is 2.65 bits per heavy atom. The third-order valence-corrected chi connectivity index (χ3v) is 4.23. The van der Waals surface area contributed by atoms with E-state index in [9.17, 15) is 9.59 Å². The Kier molecular flexibility index (Phi) is 3.44. The van der Waals surface area contributed by atoms with Gasteiger partial charge in [-0.05, 0) is 5.56 Å². The molecule has 0 spiro atoms. The highest BCUT2D eigenvalue weighted by Crippen LogP contribution is 2.28. The summed E-state index contributed by atoms with van der Waals surface area (Å²) in [7, 11) is 0. The Balaban J connectivity index is 1.69. The second-order valence-electron chi connectivity index (χ2n) is 5.63. The summed E-state index contributed by atoms with van der Waals surface area (Å²) >= 11 is 0. The van der Waals surface area contributed by atoms with Crippen molar-refractivity contribution in [2.24, 2.45) is 11.7 Å². The lowest BCUT2D eigenvalue weighted by Crippen LogP contribution is -2.37. The maximum absolute atomic E-state index is 12.4. The lowest BCUT2D eigenvalue weighted by molar-refractivity contribution is -0.134. The summed E-state index contributed by atoms with van der Waals surface area (Å²) in [6.07, 6.45) is 0.306. The highest BCUT2D eigenvalue weighted by molar-refractivity contribution is 5.89. The normalized spacial score (nSPS) is 29.6. The van der Waals surface area contributed by atoms with E-state index < -0.39 is 0 Å². The number of carbonyl (C=O) groups excluding carboxylic acids is 2. The summed E-state index contributed by atoms with van der Waals surface area (Å²) in [6, 6.07) is 10.0. The van der Waals surface area contributed by atoms with E-state index in [0.29, 0.717) is 26.1 Å². The Morgan fingerprint density at radius 2 is 2.00 bits per heavy atom. The van der Waals surface area contributed by atoms with Crippen LogP contribution in [0.2, 0.25) is 0 Å². The van der Waals surface area contributed by atoms with Crippen molar-refractivity contribution in [3.05, 3.63) is 35.9 Å². The second-order valence-corrected chi connectivity index (χ2v) is 5.63. The minimum atomic E-state index is -0.218. The second kappa shape index (κ2) is 5.25. The number of rotatable bonds is 2. The molecule has 2 aliphatic heterocycles. The number of amides is 2. The average molecular weight is 273 g/mol. The van der Waals surface area contributed by atoms with Gasteiger partial charge in [0.15, 0.2) is 0 Å². The first-order valence-corrected chi connectivity index (χ1v) is 7.01. The molecule has 2 heterocycles. The minimum absolute atomic E-state index is 0.0357. The summed E-state index contributed by atoms with van der Waals surface area (Å²) in [5.41, 5.74) is 7.37. The highest BCUT2D eigenvalue weighted by Gasteiger charge is 2.38. The molecule has 3 rings (SSSR count). The van der Waals surface area contributed by atoms with Crippen LogP contribution in [0, 0.1) is 5.92 Å². The first-order chi connectivity index (χ1) is 9.65. The largest absolute Gasteiger partial charge is 0.355 e. The molecule has 0 aromatic heterocycles. The molecule has 3 atom stereocenters. The molecule has 0 saturated carbocycles. The number of nitrogens with zero attached hydrogens (tertiary/aromatic N) is 1. The molecule has 0 radical (unpaired) electrons. The minimum Gasteiger partial charge on any atom is -0.355 e. The van der Waals surface area contributed by atoms with Gasteiger partial charge in [-0.3, -0.25) is 9.59 Å². The standard InChI is InChI=1S/C15H19N3O2/c16-13-9-18(15(20)11-6-14(19)17-7-11)8-12(13)10-4-2-1-3-5-10/h1-5,11-13H,6-9,16H2,(H,17,19)/t11?,12-,13+/m0/s1. The van der Waals surface area contributed by atoms with Gasteiger partial charge >= 0.3 is 0 Å². The van der Waals surface area contributed by atoms with Crippen molar-refractivity contribution in [3.63, 3.8) is 0 Å². The maximum atomic E-state index is 12.4. The molecule has 0 aliphatic carbocycles. The number of nitrogens with two attached hydrogens (primary N) is 1. The molecular formula is C15H19N3O2. The van der Waals surface area contributed by atoms with Crippen LogP contribution in [0.15, 0.2) is 30.3 Å². The van der Waals surface area contributed by atoms with Gasteiger partial charge in [0.1, 0.15) is 0 Å². The van der Waals surface area contributed by atoms with Gasteiger partial charge in [0, 0.05) is 38.0 Å². The van der Waals surface area contributed by atoms with E-state index in [-0.39, 0.29) is 29.7 Å². The van der Waals surface area contributed by atoms with Crippen molar-refractivity contribution in [1.29, 1.82) is 0 Å². The lowest BCUT2D eigenvalue weighted by atomic mass is 9.95. The molecule has 20 heavy (non-hydrogen) atoms. The molecule has 3 N–H and O–H groups in total. The average Bonchev–Trinajstić information content (AvgIpc) is 3.05. The van der Waals surface area contributed by atoms with Gasteiger partial charge in [-0.2, -0.15) is 0 Å². The van der Waals surface area contributed by atoms with Crippen LogP contribution in [-0.4, -0.2) is 42.4 Å². The number of benzene rings is 1. The fraction of sp³-hybridized carbons (Fsp3) is 0.467. The number of nitrogens with one attached hydrogen (secondary N) is 1. The number of hydrogen-bond acceptors (Lipinski definition) is 3. The van der Waals surface area contributed by atoms with Gasteiger partial charge in [-0.1, -0.05) is 30.3 Å². The molecule has 106 valence electrons. The van der Waals surface area contributed by atoms with E-state index >= 15 is 0 Å². The van der Waals surface area contributed by atoms with Crippen molar-refractivity contribution in [2.75, 3.05) is 19.6 Å². The van der Waals surface area contributed by atoms with Crippen molar-refractivity contribution in [1.82, 2.24) is 10.2 Å². The van der Waals surface area contributed by atoms with E-state index in [2.05, 4.69) is 17.4 Å². The monoisotopic (exact) mass is 273 g/mol. The van der Waals surface area contributed by atoms with Gasteiger partial charge in [0.05, 0.1) is 5.92 Å². The van der Waals surface area contributed by atoms with Crippen LogP contribution in [-0.2, 0) is 9.59 Å². The smallest absolute Gasteiger partial charge is 0.228 e. The van der Waals surface area contributed by atoms with E-state index in [1.165, 1.54) is 5.56 Å². The summed E-state index contributed by atoms with van der Waals surface area (Å²) in [5, 5.41) is 2.71. The molecule has 2 saturated heterocycles. The van der Waals surface area contributed by atoms with Gasteiger partial charge in [-0.25, -0.2) is 0 Å². The van der Waals surface area contributed by atoms with Crippen LogP contribution in [0.1, 0.15) is 17.9 Å². The van der Waals surface area contributed by atoms with Gasteiger partial charge < -0.3 is 16.0 Å². The molecule has 2 fully saturated rings. The zero-order valence-corrected chi connectivity index (χ0v) is 11.3. The van der Waals surface area contributed by atoms with Crippen molar-refractivity contribution < 1.29 is 9.59 Å². The topological polar surface area (TPSA) is 75.4 Å². The van der Waals surface area contributed by atoms with Gasteiger partial charge in [0.2, 0.25) is 11.8 Å². The molecule has 2 amide bonds. The van der Waals surface area contributed by atoms with E-state index in [4.69, 9.17) is 5.73 Å². The van der Waals surface area contributed by atoms with Crippen LogP contribution in [0.5, 0.6) is 0 Å². The van der Waals surface area contributed by atoms with Crippen LogP contribution in [0.3, 0.4) is 0 Å². The molecule has 0 bridgehead atoms. The van der Waals surface area contributed by atoms with Gasteiger partial charge in [0.25, 0.3) is 0 Å². The maximum Gasteiger partial charge on any atom is 0.228 e. The molecular weight excluding hydrogens is 254 g/mol. The Morgan fingerprint density at radius 1 is 1.25 bits per heavy atom. The fourth-order valence-electron chi connectivity index (χ4n) is 3.10. The van der Waals surface area contributed by atoms with Crippen LogP contribution in [0.25, 0.3) is 0 Å². The Hall–Kier alpha value is -1.88. The summed E-state index contributed by atoms with van der Waals surface area (Å²) < 4.78 is 0. The first-order valence-electron chi connectivity index (χ1n) is 7.01. The number of hydrogen-bond donors (Lipinski definition) is 2. The third-order valence-electron chi connectivity index (χ3n) is 4.23. The van der Waals surface area contributed by atoms with Crippen molar-refractivity contribution >= 4 is 11.8 Å². The Bertz CT molecular complexity index is 517. The van der Waals surface area contributed by atoms with E-state index in [0.717, 1.165) is 0 Å². The summed E-state index contributed by atoms with van der Waals surface area (Å²) in [6.45, 7) is 1.68. The third kappa shape index (κ3) is 2.41. The lowest BCUT2D eigenvalue weighted by Gasteiger charge is -2.19. The molecule has 1 aromatic rings. The number of likely N-dealkylation sites (tertiary alicyclic amines) is 1. The zero-order valence-electron chi connectivity index (χ0n) is 11.3. The predicted molar refractivity (Wildman–Crippen MR) is 74.9 cm³/mol. The number of carbonyl (C=O) groups is 2.